The van der Waals surface area contributed by atoms with E-state index in [9.17, 15) is 4.79 Å². The van der Waals surface area contributed by atoms with Crippen molar-refractivity contribution in [3.8, 4) is 5.88 Å². The van der Waals surface area contributed by atoms with E-state index in [0.717, 1.165) is 0 Å². The van der Waals surface area contributed by atoms with Crippen molar-refractivity contribution >= 4 is 5.97 Å². The summed E-state index contributed by atoms with van der Waals surface area (Å²) in [5.41, 5.74) is 0.179. The summed E-state index contributed by atoms with van der Waals surface area (Å²) in [7, 11) is 1.32. The average Bonchev–Trinajstić information content (AvgIpc) is 2.45. The highest BCUT2D eigenvalue weighted by atomic mass is 16.5. The highest BCUT2D eigenvalue weighted by Gasteiger charge is 2.15. The van der Waals surface area contributed by atoms with Crippen LogP contribution in [-0.2, 0) is 4.74 Å². The first-order chi connectivity index (χ1) is 8.79. The van der Waals surface area contributed by atoms with Crippen LogP contribution in [-0.4, -0.2) is 29.7 Å². The quantitative estimate of drug-likeness (QED) is 0.767. The third-order valence-corrected chi connectivity index (χ3v) is 3.20. The van der Waals surface area contributed by atoms with Crippen LogP contribution in [0.3, 0.4) is 0 Å². The molecule has 0 spiro atoms. The second kappa shape index (κ2) is 6.33. The van der Waals surface area contributed by atoms with Crippen LogP contribution in [0.4, 0.5) is 0 Å². The summed E-state index contributed by atoms with van der Waals surface area (Å²) in [4.78, 5) is 19.3. The number of aromatic nitrogens is 2. The number of methoxy groups -OCH3 is 1. The molecule has 0 aliphatic heterocycles. The Morgan fingerprint density at radius 3 is 2.83 bits per heavy atom. The fourth-order valence-electron chi connectivity index (χ4n) is 2.18. The fourth-order valence-corrected chi connectivity index (χ4v) is 2.18. The third kappa shape index (κ3) is 3.42. The molecule has 0 N–H and O–H groups in total. The maximum Gasteiger partial charge on any atom is 0.358 e. The van der Waals surface area contributed by atoms with Crippen molar-refractivity contribution in [3.63, 3.8) is 0 Å². The molecule has 1 aliphatic rings. The second-order valence-corrected chi connectivity index (χ2v) is 4.55. The zero-order valence-electron chi connectivity index (χ0n) is 10.6. The summed E-state index contributed by atoms with van der Waals surface area (Å²) < 4.78 is 10.2. The molecule has 2 rings (SSSR count). The number of ether oxygens (including phenoxy) is 2. The lowest BCUT2D eigenvalue weighted by Crippen LogP contribution is -2.16. The first kappa shape index (κ1) is 12.8. The molecule has 0 amide bonds. The lowest BCUT2D eigenvalue weighted by molar-refractivity contribution is 0.0591. The lowest BCUT2D eigenvalue weighted by Gasteiger charge is -2.21. The van der Waals surface area contributed by atoms with E-state index < -0.39 is 5.97 Å². The van der Waals surface area contributed by atoms with Crippen molar-refractivity contribution in [2.24, 2.45) is 5.92 Å². The number of nitrogens with zero attached hydrogens (tertiary/aromatic N) is 2. The Hall–Kier alpha value is -1.65. The van der Waals surface area contributed by atoms with Crippen molar-refractivity contribution < 1.29 is 14.3 Å². The molecule has 98 valence electrons. The molecule has 0 aromatic carbocycles. The van der Waals surface area contributed by atoms with Crippen molar-refractivity contribution in [3.05, 3.63) is 18.1 Å². The van der Waals surface area contributed by atoms with Gasteiger partial charge in [0.25, 0.3) is 0 Å². The van der Waals surface area contributed by atoms with Crippen LogP contribution in [0.2, 0.25) is 0 Å². The van der Waals surface area contributed by atoms with Crippen molar-refractivity contribution in [1.82, 2.24) is 9.97 Å². The Morgan fingerprint density at radius 2 is 2.11 bits per heavy atom. The van der Waals surface area contributed by atoms with E-state index in [4.69, 9.17) is 4.74 Å². The van der Waals surface area contributed by atoms with Crippen LogP contribution in [0.15, 0.2) is 12.4 Å². The minimum atomic E-state index is -0.495. The minimum absolute atomic E-state index is 0.179. The molecule has 0 unspecified atom stereocenters. The Labute approximate surface area is 107 Å². The van der Waals surface area contributed by atoms with Crippen LogP contribution in [0.25, 0.3) is 0 Å². The summed E-state index contributed by atoms with van der Waals surface area (Å²) in [6.45, 7) is 0.652. The van der Waals surface area contributed by atoms with Crippen LogP contribution in [0, 0.1) is 5.92 Å². The molecule has 18 heavy (non-hydrogen) atoms. The van der Waals surface area contributed by atoms with Gasteiger partial charge in [-0.15, -0.1) is 0 Å². The Morgan fingerprint density at radius 1 is 1.33 bits per heavy atom. The highest BCUT2D eigenvalue weighted by molar-refractivity contribution is 5.86. The van der Waals surface area contributed by atoms with Gasteiger partial charge < -0.3 is 9.47 Å². The maximum atomic E-state index is 11.3. The van der Waals surface area contributed by atoms with E-state index in [-0.39, 0.29) is 5.69 Å². The van der Waals surface area contributed by atoms with Gasteiger partial charge in [0.2, 0.25) is 5.88 Å². The fraction of sp³-hybridized carbons (Fsp3) is 0.615. The van der Waals surface area contributed by atoms with Gasteiger partial charge in [-0.1, -0.05) is 19.3 Å². The smallest absolute Gasteiger partial charge is 0.358 e. The van der Waals surface area contributed by atoms with Gasteiger partial charge in [0.1, 0.15) is 0 Å². The van der Waals surface area contributed by atoms with E-state index >= 15 is 0 Å². The largest absolute Gasteiger partial charge is 0.476 e. The van der Waals surface area contributed by atoms with Crippen LogP contribution >= 0.6 is 0 Å². The Bertz CT molecular complexity index is 403. The predicted octanol–water partition coefficient (Wildman–Crippen LogP) is 2.22. The summed E-state index contributed by atoms with van der Waals surface area (Å²) in [6, 6.07) is 0. The van der Waals surface area contributed by atoms with Crippen molar-refractivity contribution in [2.45, 2.75) is 32.1 Å². The molecule has 0 radical (unpaired) electrons. The van der Waals surface area contributed by atoms with Crippen LogP contribution in [0.5, 0.6) is 5.88 Å². The van der Waals surface area contributed by atoms with Crippen LogP contribution in [0.1, 0.15) is 42.6 Å². The van der Waals surface area contributed by atoms with Crippen LogP contribution < -0.4 is 4.74 Å². The second-order valence-electron chi connectivity index (χ2n) is 4.55. The molecule has 0 saturated heterocycles. The topological polar surface area (TPSA) is 61.3 Å². The molecule has 1 saturated carbocycles. The Balaban J connectivity index is 1.90. The lowest BCUT2D eigenvalue weighted by atomic mass is 9.90. The molecular weight excluding hydrogens is 232 g/mol. The number of carbonyl (C=O) groups excluding carboxylic acids is 1. The maximum absolute atomic E-state index is 11.3. The molecule has 1 aromatic heterocycles. The molecular formula is C13H18N2O3. The van der Waals surface area contributed by atoms with Gasteiger partial charge in [0, 0.05) is 0 Å². The molecule has 0 bridgehead atoms. The summed E-state index contributed by atoms with van der Waals surface area (Å²) in [5.74, 6) is 0.497. The van der Waals surface area contributed by atoms with Gasteiger partial charge in [0.05, 0.1) is 26.1 Å². The predicted molar refractivity (Wildman–Crippen MR) is 65.4 cm³/mol. The van der Waals surface area contributed by atoms with Crippen molar-refractivity contribution in [2.75, 3.05) is 13.7 Å². The van der Waals surface area contributed by atoms with E-state index in [1.165, 1.54) is 51.6 Å². The van der Waals surface area contributed by atoms with E-state index in [0.29, 0.717) is 18.4 Å². The van der Waals surface area contributed by atoms with Gasteiger partial charge in [-0.05, 0) is 18.8 Å². The van der Waals surface area contributed by atoms with Gasteiger partial charge in [-0.2, -0.15) is 0 Å². The van der Waals surface area contributed by atoms with Gasteiger partial charge in [-0.3, -0.25) is 4.98 Å². The van der Waals surface area contributed by atoms with Gasteiger partial charge in [-0.25, -0.2) is 9.78 Å². The number of carbonyl (C=O) groups is 1. The molecule has 5 nitrogen and oxygen atoms in total. The minimum Gasteiger partial charge on any atom is -0.476 e. The third-order valence-electron chi connectivity index (χ3n) is 3.20. The SMILES string of the molecule is COC(=O)c1cncc(OCC2CCCCC2)n1. The van der Waals surface area contributed by atoms with E-state index in [1.807, 2.05) is 0 Å². The van der Waals surface area contributed by atoms with Gasteiger partial charge in [0.15, 0.2) is 5.69 Å². The standard InChI is InChI=1S/C13H18N2O3/c1-17-13(16)11-7-14-8-12(15-11)18-9-10-5-3-2-4-6-10/h7-8,10H,2-6,9H2,1H3. The zero-order valence-corrected chi connectivity index (χ0v) is 10.6. The summed E-state index contributed by atoms with van der Waals surface area (Å²) in [5, 5.41) is 0. The number of rotatable bonds is 4. The Kier molecular flexibility index (Phi) is 4.50. The first-order valence-corrected chi connectivity index (χ1v) is 6.33. The van der Waals surface area contributed by atoms with E-state index in [1.54, 1.807) is 0 Å². The molecule has 1 heterocycles. The zero-order chi connectivity index (χ0) is 12.8. The van der Waals surface area contributed by atoms with Crippen molar-refractivity contribution in [1.29, 1.82) is 0 Å². The molecule has 5 heteroatoms. The molecule has 1 fully saturated rings. The number of hydrogen-bond acceptors (Lipinski definition) is 5. The number of hydrogen-bond donors (Lipinski definition) is 0. The summed E-state index contributed by atoms with van der Waals surface area (Å²) in [6.07, 6.45) is 9.21. The molecule has 1 aromatic rings. The highest BCUT2D eigenvalue weighted by Crippen LogP contribution is 2.24. The number of esters is 1. The summed E-state index contributed by atoms with van der Waals surface area (Å²) >= 11 is 0. The molecule has 0 atom stereocenters. The average molecular weight is 250 g/mol. The normalized spacial score (nSPS) is 16.3. The first-order valence-electron chi connectivity index (χ1n) is 6.33. The molecule has 1 aliphatic carbocycles. The van der Waals surface area contributed by atoms with Gasteiger partial charge >= 0.3 is 5.97 Å². The van der Waals surface area contributed by atoms with E-state index in [2.05, 4.69) is 14.7 Å². The monoisotopic (exact) mass is 250 g/mol.